The van der Waals surface area contributed by atoms with Crippen molar-refractivity contribution in [1.29, 1.82) is 0 Å². The molecule has 34 heavy (non-hydrogen) atoms. The maximum absolute atomic E-state index is 13.5. The van der Waals surface area contributed by atoms with Gasteiger partial charge in [-0.1, -0.05) is 36.2 Å². The Hall–Kier alpha value is -1.56. The Morgan fingerprint density at radius 1 is 1.09 bits per heavy atom. The van der Waals surface area contributed by atoms with Gasteiger partial charge in [-0.15, -0.1) is 0 Å². The minimum absolute atomic E-state index is 0.00815. The molecule has 0 aromatic heterocycles. The normalized spacial score (nSPS) is 13.1. The van der Waals surface area contributed by atoms with Gasteiger partial charge in [-0.25, -0.2) is 8.42 Å². The maximum atomic E-state index is 13.5. The molecule has 0 bridgehead atoms. The van der Waals surface area contributed by atoms with Gasteiger partial charge in [0.2, 0.25) is 21.8 Å². The summed E-state index contributed by atoms with van der Waals surface area (Å²) >= 11 is 14.4. The summed E-state index contributed by atoms with van der Waals surface area (Å²) in [4.78, 5) is 27.7. The largest absolute Gasteiger partial charge is 0.352 e. The van der Waals surface area contributed by atoms with Crippen LogP contribution in [-0.4, -0.2) is 50.0 Å². The van der Waals surface area contributed by atoms with Crippen LogP contribution in [0.5, 0.6) is 0 Å². The van der Waals surface area contributed by atoms with Gasteiger partial charge in [0.25, 0.3) is 0 Å². The molecule has 0 fully saturated rings. The van der Waals surface area contributed by atoms with Crippen LogP contribution in [-0.2, 0) is 26.2 Å². The van der Waals surface area contributed by atoms with Gasteiger partial charge in [-0.05, 0) is 84.8 Å². The monoisotopic (exact) mass is 639 g/mol. The molecule has 0 spiro atoms. The zero-order valence-corrected chi connectivity index (χ0v) is 23.9. The first-order valence-corrected chi connectivity index (χ1v) is 14.3. The molecule has 0 saturated carbocycles. The summed E-state index contributed by atoms with van der Waals surface area (Å²) in [5, 5.41) is 3.66. The molecule has 2 aromatic carbocycles. The number of halogens is 3. The highest BCUT2D eigenvalue weighted by molar-refractivity contribution is 14.1. The predicted octanol–water partition coefficient (Wildman–Crippen LogP) is 4.70. The highest BCUT2D eigenvalue weighted by Crippen LogP contribution is 2.24. The van der Waals surface area contributed by atoms with Crippen molar-refractivity contribution in [3.63, 3.8) is 0 Å². The Kier molecular flexibility index (Phi) is 10.5. The van der Waals surface area contributed by atoms with E-state index < -0.39 is 28.5 Å². The Labute approximate surface area is 225 Å². The standard InChI is InChI=1S/C23H28Cl2IN3O4S/c1-5-15(2)27-23(31)16(3)28(13-17-6-7-18(24)12-21(17)25)22(30)14-29(34(4,32)33)20-10-8-19(26)9-11-20/h6-12,15-16H,5,13-14H2,1-4H3,(H,27,31). The van der Waals surface area contributed by atoms with Gasteiger partial charge >= 0.3 is 0 Å². The molecule has 2 atom stereocenters. The van der Waals surface area contributed by atoms with Crippen LogP contribution in [0, 0.1) is 3.57 Å². The minimum atomic E-state index is -3.78. The lowest BCUT2D eigenvalue weighted by molar-refractivity contribution is -0.139. The molecule has 2 unspecified atom stereocenters. The van der Waals surface area contributed by atoms with E-state index in [-0.39, 0.29) is 18.5 Å². The smallest absolute Gasteiger partial charge is 0.244 e. The average molecular weight is 640 g/mol. The first kappa shape index (κ1) is 28.7. The Morgan fingerprint density at radius 3 is 2.24 bits per heavy atom. The van der Waals surface area contributed by atoms with E-state index in [0.717, 1.165) is 20.6 Å². The van der Waals surface area contributed by atoms with Crippen LogP contribution in [0.2, 0.25) is 10.0 Å². The molecule has 2 rings (SSSR count). The molecule has 1 N–H and O–H groups in total. The molecule has 2 aromatic rings. The maximum Gasteiger partial charge on any atom is 0.244 e. The molecule has 7 nitrogen and oxygen atoms in total. The second kappa shape index (κ2) is 12.4. The van der Waals surface area contributed by atoms with Gasteiger partial charge in [-0.2, -0.15) is 0 Å². The van der Waals surface area contributed by atoms with Gasteiger partial charge in [-0.3, -0.25) is 13.9 Å². The quantitative estimate of drug-likeness (QED) is 0.382. The number of benzene rings is 2. The number of nitrogens with one attached hydrogen (secondary N) is 1. The average Bonchev–Trinajstić information content (AvgIpc) is 2.76. The van der Waals surface area contributed by atoms with Crippen LogP contribution in [0.3, 0.4) is 0 Å². The van der Waals surface area contributed by atoms with Gasteiger partial charge in [0, 0.05) is 26.2 Å². The lowest BCUT2D eigenvalue weighted by Crippen LogP contribution is -2.52. The van der Waals surface area contributed by atoms with Crippen LogP contribution in [0.1, 0.15) is 32.8 Å². The lowest BCUT2D eigenvalue weighted by atomic mass is 10.1. The van der Waals surface area contributed by atoms with Gasteiger partial charge in [0.05, 0.1) is 11.9 Å². The SMILES string of the molecule is CCC(C)NC(=O)C(C)N(Cc1ccc(Cl)cc1Cl)C(=O)CN(c1ccc(I)cc1)S(C)(=O)=O. The van der Waals surface area contributed by atoms with Crippen LogP contribution in [0.15, 0.2) is 42.5 Å². The van der Waals surface area contributed by atoms with Crippen molar-refractivity contribution in [3.05, 3.63) is 61.6 Å². The fourth-order valence-electron chi connectivity index (χ4n) is 3.10. The van der Waals surface area contributed by atoms with E-state index in [1.165, 1.54) is 4.90 Å². The molecule has 0 aliphatic heterocycles. The summed E-state index contributed by atoms with van der Waals surface area (Å²) in [6, 6.07) is 10.7. The second-order valence-corrected chi connectivity index (χ2v) is 12.0. The van der Waals surface area contributed by atoms with E-state index in [1.54, 1.807) is 49.4 Å². The molecule has 2 amide bonds. The van der Waals surface area contributed by atoms with Gasteiger partial charge in [0.1, 0.15) is 12.6 Å². The van der Waals surface area contributed by atoms with E-state index in [2.05, 4.69) is 27.9 Å². The van der Waals surface area contributed by atoms with E-state index in [1.807, 2.05) is 13.8 Å². The molecular formula is C23H28Cl2IN3O4S. The van der Waals surface area contributed by atoms with Crippen molar-refractivity contribution in [2.24, 2.45) is 0 Å². The van der Waals surface area contributed by atoms with Crippen LogP contribution < -0.4 is 9.62 Å². The summed E-state index contributed by atoms with van der Waals surface area (Å²) < 4.78 is 27.1. The summed E-state index contributed by atoms with van der Waals surface area (Å²) in [7, 11) is -3.78. The topological polar surface area (TPSA) is 86.8 Å². The number of hydrogen-bond acceptors (Lipinski definition) is 4. The van der Waals surface area contributed by atoms with Crippen molar-refractivity contribution >= 4 is 73.3 Å². The summed E-state index contributed by atoms with van der Waals surface area (Å²) in [5.74, 6) is -0.880. The highest BCUT2D eigenvalue weighted by Gasteiger charge is 2.30. The molecule has 186 valence electrons. The van der Waals surface area contributed by atoms with Crippen LogP contribution in [0.4, 0.5) is 5.69 Å². The third-order valence-electron chi connectivity index (χ3n) is 5.32. The third-order valence-corrected chi connectivity index (χ3v) is 7.76. The highest BCUT2D eigenvalue weighted by atomic mass is 127. The number of nitrogens with zero attached hydrogens (tertiary/aromatic N) is 2. The second-order valence-electron chi connectivity index (χ2n) is 8.00. The number of carbonyl (C=O) groups is 2. The number of rotatable bonds is 10. The number of amides is 2. The first-order chi connectivity index (χ1) is 15.8. The minimum Gasteiger partial charge on any atom is -0.352 e. The van der Waals surface area contributed by atoms with E-state index in [4.69, 9.17) is 23.2 Å². The molecule has 11 heteroatoms. The van der Waals surface area contributed by atoms with Gasteiger partial charge in [0.15, 0.2) is 0 Å². The van der Waals surface area contributed by atoms with Crippen molar-refractivity contribution in [1.82, 2.24) is 10.2 Å². The molecular weight excluding hydrogens is 612 g/mol. The number of carbonyl (C=O) groups excluding carboxylic acids is 2. The fourth-order valence-corrected chi connectivity index (χ4v) is 4.78. The summed E-state index contributed by atoms with van der Waals surface area (Å²) in [5.41, 5.74) is 0.945. The summed E-state index contributed by atoms with van der Waals surface area (Å²) in [6.07, 6.45) is 1.77. The molecule has 0 saturated heterocycles. The zero-order chi connectivity index (χ0) is 25.6. The van der Waals surface area contributed by atoms with Crippen LogP contribution >= 0.6 is 45.8 Å². The van der Waals surface area contributed by atoms with Crippen molar-refractivity contribution in [2.75, 3.05) is 17.1 Å². The van der Waals surface area contributed by atoms with E-state index >= 15 is 0 Å². The number of hydrogen-bond donors (Lipinski definition) is 1. The Balaban J connectivity index is 2.41. The molecule has 0 radical (unpaired) electrons. The fraction of sp³-hybridized carbons (Fsp3) is 0.391. The Morgan fingerprint density at radius 2 is 1.71 bits per heavy atom. The number of anilines is 1. The predicted molar refractivity (Wildman–Crippen MR) is 146 cm³/mol. The van der Waals surface area contributed by atoms with E-state index in [0.29, 0.717) is 21.3 Å². The third kappa shape index (κ3) is 8.00. The van der Waals surface area contributed by atoms with Crippen LogP contribution in [0.25, 0.3) is 0 Å². The van der Waals surface area contributed by atoms with Crippen molar-refractivity contribution < 1.29 is 18.0 Å². The van der Waals surface area contributed by atoms with Crippen molar-refractivity contribution in [2.45, 2.75) is 45.8 Å². The molecule has 0 aliphatic rings. The number of sulfonamides is 1. The molecule has 0 aliphatic carbocycles. The van der Waals surface area contributed by atoms with Gasteiger partial charge < -0.3 is 10.2 Å². The first-order valence-electron chi connectivity index (χ1n) is 10.6. The zero-order valence-electron chi connectivity index (χ0n) is 19.4. The Bertz CT molecular complexity index is 1130. The van der Waals surface area contributed by atoms with E-state index in [9.17, 15) is 18.0 Å². The lowest BCUT2D eigenvalue weighted by Gasteiger charge is -2.32. The molecule has 0 heterocycles. The van der Waals surface area contributed by atoms with Crippen molar-refractivity contribution in [3.8, 4) is 0 Å². The summed E-state index contributed by atoms with van der Waals surface area (Å²) in [6.45, 7) is 4.96.